The first kappa shape index (κ1) is 33.2. The van der Waals surface area contributed by atoms with Crippen LogP contribution >= 0.6 is 0 Å². The van der Waals surface area contributed by atoms with Gasteiger partial charge in [0, 0.05) is 24.5 Å². The summed E-state index contributed by atoms with van der Waals surface area (Å²) >= 11 is 0. The second-order valence-electron chi connectivity index (χ2n) is 15.1. The highest BCUT2D eigenvalue weighted by molar-refractivity contribution is 5.64. The minimum Gasteiger partial charge on any atom is -0.493 e. The summed E-state index contributed by atoms with van der Waals surface area (Å²) in [5.41, 5.74) is 11.9. The van der Waals surface area contributed by atoms with Crippen molar-refractivity contribution in [3.8, 4) is 11.5 Å². The molecule has 5 heteroatoms. The summed E-state index contributed by atoms with van der Waals surface area (Å²) in [5.74, 6) is 4.72. The van der Waals surface area contributed by atoms with Crippen LogP contribution in [0.25, 0.3) is 0 Å². The van der Waals surface area contributed by atoms with Crippen LogP contribution in [-0.4, -0.2) is 22.8 Å². The van der Waals surface area contributed by atoms with Gasteiger partial charge in [0.1, 0.15) is 18.0 Å². The Labute approximate surface area is 283 Å². The summed E-state index contributed by atoms with van der Waals surface area (Å²) in [6.07, 6.45) is 4.22. The van der Waals surface area contributed by atoms with Gasteiger partial charge in [0.05, 0.1) is 18.7 Å². The van der Waals surface area contributed by atoms with E-state index < -0.39 is 0 Å². The van der Waals surface area contributed by atoms with Crippen LogP contribution in [0.5, 0.6) is 11.5 Å². The van der Waals surface area contributed by atoms with E-state index in [0.29, 0.717) is 29.6 Å². The van der Waals surface area contributed by atoms with Crippen LogP contribution in [0.1, 0.15) is 167 Å². The molecule has 0 bridgehead atoms. The molecule has 5 nitrogen and oxygen atoms in total. The molecule has 2 aliphatic heterocycles. The van der Waals surface area contributed by atoms with Crippen molar-refractivity contribution >= 4 is 5.69 Å². The number of imidazole rings is 1. The van der Waals surface area contributed by atoms with Gasteiger partial charge in [-0.15, -0.1) is 0 Å². The molecule has 3 heterocycles. The maximum absolute atomic E-state index is 6.56. The highest BCUT2D eigenvalue weighted by atomic mass is 16.5. The Balaban J connectivity index is 1.62. The van der Waals surface area contributed by atoms with Gasteiger partial charge in [0.25, 0.3) is 0 Å². The van der Waals surface area contributed by atoms with Gasteiger partial charge in [0.15, 0.2) is 11.5 Å². The van der Waals surface area contributed by atoms with Gasteiger partial charge >= 0.3 is 0 Å². The number of hydrogen-bond acceptors (Lipinski definition) is 4. The van der Waals surface area contributed by atoms with Gasteiger partial charge in [0.2, 0.25) is 0 Å². The first-order valence-corrected chi connectivity index (χ1v) is 17.9. The number of nitrogens with zero attached hydrogens (tertiary/aromatic N) is 2. The Morgan fingerprint density at radius 1 is 0.894 bits per heavy atom. The quantitative estimate of drug-likeness (QED) is 0.220. The fourth-order valence-corrected chi connectivity index (χ4v) is 8.19. The number of nitrogens with one attached hydrogen (secondary N) is 1. The lowest BCUT2D eigenvalue weighted by atomic mass is 9.79. The summed E-state index contributed by atoms with van der Waals surface area (Å²) in [7, 11) is 3.89. The Morgan fingerprint density at radius 3 is 2.23 bits per heavy atom. The summed E-state index contributed by atoms with van der Waals surface area (Å²) in [6, 6.07) is 18.0. The Morgan fingerprint density at radius 2 is 1.57 bits per heavy atom. The monoisotopic (exact) mass is 633 g/mol. The highest BCUT2D eigenvalue weighted by Gasteiger charge is 2.40. The van der Waals surface area contributed by atoms with Crippen molar-refractivity contribution in [2.45, 2.75) is 123 Å². The van der Waals surface area contributed by atoms with Crippen molar-refractivity contribution in [2.75, 3.05) is 12.4 Å². The van der Waals surface area contributed by atoms with Crippen molar-refractivity contribution in [3.63, 3.8) is 0 Å². The highest BCUT2D eigenvalue weighted by Crippen LogP contribution is 2.50. The van der Waals surface area contributed by atoms with E-state index >= 15 is 0 Å². The number of methoxy groups -OCH3 is 1. The van der Waals surface area contributed by atoms with E-state index in [4.69, 9.17) is 14.5 Å². The van der Waals surface area contributed by atoms with Gasteiger partial charge in [-0.3, -0.25) is 0 Å². The van der Waals surface area contributed by atoms with E-state index in [1.165, 1.54) is 39.1 Å². The molecular formula is C42H55N3O2. The SMILES string of the molecule is CCC1Oc2c(OC)cccc2C1c1cn(C)c(C2Nc3c(C(C)C)cccc3C(C)CC(C)c3cc(C(C)C)cc(C(C)C)c32)n1. The van der Waals surface area contributed by atoms with Gasteiger partial charge < -0.3 is 19.4 Å². The van der Waals surface area contributed by atoms with Crippen molar-refractivity contribution < 1.29 is 9.47 Å². The summed E-state index contributed by atoms with van der Waals surface area (Å²) in [6.45, 7) is 21.0. The van der Waals surface area contributed by atoms with Crippen LogP contribution in [0.4, 0.5) is 5.69 Å². The Hall–Kier alpha value is -3.73. The fourth-order valence-electron chi connectivity index (χ4n) is 8.19. The first-order chi connectivity index (χ1) is 22.4. The number of benzene rings is 3. The maximum atomic E-state index is 6.56. The maximum Gasteiger partial charge on any atom is 0.165 e. The molecule has 5 atom stereocenters. The first-order valence-electron chi connectivity index (χ1n) is 17.9. The number of hydrogen-bond donors (Lipinski definition) is 1. The third-order valence-electron chi connectivity index (χ3n) is 10.8. The van der Waals surface area contributed by atoms with Crippen LogP contribution in [0, 0.1) is 0 Å². The third kappa shape index (κ3) is 5.85. The average Bonchev–Trinajstić information content (AvgIpc) is 3.62. The molecule has 2 aliphatic rings. The van der Waals surface area contributed by atoms with Gasteiger partial charge in [-0.05, 0) is 81.9 Å². The van der Waals surface area contributed by atoms with Crippen molar-refractivity contribution in [1.29, 1.82) is 0 Å². The molecule has 5 unspecified atom stereocenters. The second-order valence-corrected chi connectivity index (χ2v) is 15.1. The van der Waals surface area contributed by atoms with E-state index in [2.05, 4.69) is 128 Å². The zero-order valence-electron chi connectivity index (χ0n) is 30.4. The molecule has 47 heavy (non-hydrogen) atoms. The molecule has 1 N–H and O–H groups in total. The average molecular weight is 634 g/mol. The molecule has 0 amide bonds. The van der Waals surface area contributed by atoms with Gasteiger partial charge in [-0.2, -0.15) is 0 Å². The number of aryl methyl sites for hydroxylation is 1. The normalized spacial score (nSPS) is 22.2. The van der Waals surface area contributed by atoms with Crippen LogP contribution in [0.15, 0.2) is 54.7 Å². The molecule has 0 fully saturated rings. The summed E-state index contributed by atoms with van der Waals surface area (Å²) in [5, 5.41) is 4.23. The van der Waals surface area contributed by atoms with E-state index in [1.807, 2.05) is 6.07 Å². The standard InChI is InChI=1S/C42H55N3O2/c1-12-35-38(31-17-14-18-36(46-11)41(31)47-35)34-22-45(10)42(43-34)40-37-32(25(6)7)20-28(23(2)3)21-33(37)27(9)19-26(8)30-16-13-15-29(24(4)5)39(30)44-40/h13-18,20-27,35,38,40,44H,12,19H2,1-11H3. The van der Waals surface area contributed by atoms with E-state index in [1.54, 1.807) is 7.11 Å². The van der Waals surface area contributed by atoms with Crippen molar-refractivity contribution in [1.82, 2.24) is 9.55 Å². The molecule has 0 radical (unpaired) electrons. The molecule has 0 spiro atoms. The summed E-state index contributed by atoms with van der Waals surface area (Å²) in [4.78, 5) is 5.60. The van der Waals surface area contributed by atoms with Gasteiger partial charge in [-0.25, -0.2) is 4.98 Å². The molecule has 0 saturated heterocycles. The third-order valence-corrected chi connectivity index (χ3v) is 10.8. The Kier molecular flexibility index (Phi) is 9.21. The topological polar surface area (TPSA) is 48.3 Å². The largest absolute Gasteiger partial charge is 0.493 e. The minimum absolute atomic E-state index is 0.00112. The smallest absolute Gasteiger partial charge is 0.165 e. The van der Waals surface area contributed by atoms with E-state index in [0.717, 1.165) is 41.4 Å². The minimum atomic E-state index is -0.124. The molecule has 0 aliphatic carbocycles. The molecule has 4 aromatic rings. The fraction of sp³-hybridized carbons (Fsp3) is 0.500. The van der Waals surface area contributed by atoms with Crippen LogP contribution in [0.3, 0.4) is 0 Å². The number of anilines is 1. The second kappa shape index (κ2) is 13.1. The van der Waals surface area contributed by atoms with Crippen LogP contribution < -0.4 is 14.8 Å². The molecule has 3 aromatic carbocycles. The summed E-state index contributed by atoms with van der Waals surface area (Å²) < 4.78 is 14.5. The molecule has 250 valence electrons. The number of para-hydroxylation sites is 2. The van der Waals surface area contributed by atoms with Crippen molar-refractivity contribution in [3.05, 3.63) is 105 Å². The molecule has 6 rings (SSSR count). The van der Waals surface area contributed by atoms with E-state index in [9.17, 15) is 0 Å². The number of aromatic nitrogens is 2. The van der Waals surface area contributed by atoms with Crippen molar-refractivity contribution in [2.24, 2.45) is 7.05 Å². The lowest BCUT2D eigenvalue weighted by Gasteiger charge is -2.30. The number of ether oxygens (including phenoxy) is 2. The van der Waals surface area contributed by atoms with Gasteiger partial charge in [-0.1, -0.05) is 105 Å². The lowest BCUT2D eigenvalue weighted by Crippen LogP contribution is -2.23. The lowest BCUT2D eigenvalue weighted by molar-refractivity contribution is 0.204. The number of rotatable bonds is 7. The van der Waals surface area contributed by atoms with E-state index in [-0.39, 0.29) is 18.1 Å². The number of fused-ring (bicyclic) bond motifs is 3. The van der Waals surface area contributed by atoms with Crippen LogP contribution in [-0.2, 0) is 7.05 Å². The zero-order chi connectivity index (χ0) is 33.7. The molecular weight excluding hydrogens is 578 g/mol. The predicted molar refractivity (Wildman–Crippen MR) is 195 cm³/mol. The molecule has 0 saturated carbocycles. The molecule has 1 aromatic heterocycles. The predicted octanol–water partition coefficient (Wildman–Crippen LogP) is 10.9. The van der Waals surface area contributed by atoms with Crippen LogP contribution in [0.2, 0.25) is 0 Å². The Bertz CT molecular complexity index is 1750. The zero-order valence-corrected chi connectivity index (χ0v) is 30.4.